The molecule has 1 heterocycles. The summed E-state index contributed by atoms with van der Waals surface area (Å²) in [5, 5.41) is 10.3. The molecule has 0 aliphatic heterocycles. The van der Waals surface area contributed by atoms with Crippen molar-refractivity contribution in [1.29, 1.82) is 0 Å². The lowest BCUT2D eigenvalue weighted by Gasteiger charge is -2.16. The molecular formula is C13H14N2O2. The Labute approximate surface area is 99.5 Å². The minimum Gasteiger partial charge on any atom is -0.497 e. The molecule has 0 saturated carbocycles. The lowest BCUT2D eigenvalue weighted by atomic mass is 10.1. The van der Waals surface area contributed by atoms with Gasteiger partial charge in [-0.1, -0.05) is 6.07 Å². The van der Waals surface area contributed by atoms with E-state index in [4.69, 9.17) is 4.74 Å². The van der Waals surface area contributed by atoms with E-state index in [2.05, 4.69) is 4.98 Å². The molecule has 0 fully saturated rings. The van der Waals surface area contributed by atoms with Gasteiger partial charge in [-0.15, -0.1) is 0 Å². The molecule has 0 amide bonds. The Hall–Kier alpha value is -1.81. The van der Waals surface area contributed by atoms with E-state index in [-0.39, 0.29) is 6.04 Å². The first kappa shape index (κ1) is 10.4. The number of aromatic nitrogens is 2. The Morgan fingerprint density at radius 3 is 3.06 bits per heavy atom. The lowest BCUT2D eigenvalue weighted by molar-refractivity contribution is 0.127. The summed E-state index contributed by atoms with van der Waals surface area (Å²) in [5.74, 6) is 0.786. The number of ether oxygens (including phenoxy) is 1. The minimum atomic E-state index is -0.491. The van der Waals surface area contributed by atoms with Crippen molar-refractivity contribution in [3.8, 4) is 5.75 Å². The highest BCUT2D eigenvalue weighted by Gasteiger charge is 2.32. The second-order valence-electron chi connectivity index (χ2n) is 4.29. The molecule has 0 bridgehead atoms. The minimum absolute atomic E-state index is 0.0413. The molecule has 2 unspecified atom stereocenters. The van der Waals surface area contributed by atoms with Gasteiger partial charge >= 0.3 is 0 Å². The normalized spacial score (nSPS) is 22.5. The van der Waals surface area contributed by atoms with Crippen LogP contribution in [-0.2, 0) is 6.42 Å². The van der Waals surface area contributed by atoms with E-state index in [1.54, 1.807) is 19.6 Å². The van der Waals surface area contributed by atoms with Crippen molar-refractivity contribution in [2.24, 2.45) is 0 Å². The van der Waals surface area contributed by atoms with Gasteiger partial charge in [0.2, 0.25) is 0 Å². The van der Waals surface area contributed by atoms with Crippen molar-refractivity contribution in [3.05, 3.63) is 48.0 Å². The van der Waals surface area contributed by atoms with Crippen LogP contribution in [0.25, 0.3) is 0 Å². The molecule has 4 nitrogen and oxygen atoms in total. The lowest BCUT2D eigenvalue weighted by Crippen LogP contribution is -2.12. The number of imidazole rings is 1. The van der Waals surface area contributed by atoms with Gasteiger partial charge in [0, 0.05) is 12.4 Å². The summed E-state index contributed by atoms with van der Waals surface area (Å²) in [6.07, 6.45) is 5.70. The summed E-state index contributed by atoms with van der Waals surface area (Å²) < 4.78 is 7.14. The average molecular weight is 230 g/mol. The fourth-order valence-corrected chi connectivity index (χ4v) is 2.44. The average Bonchev–Trinajstić information content (AvgIpc) is 2.97. The largest absolute Gasteiger partial charge is 0.497 e. The third-order valence-electron chi connectivity index (χ3n) is 3.37. The first-order chi connectivity index (χ1) is 8.29. The van der Waals surface area contributed by atoms with E-state index in [1.807, 2.05) is 29.0 Å². The first-order valence-electron chi connectivity index (χ1n) is 5.62. The fourth-order valence-electron chi connectivity index (χ4n) is 2.44. The molecule has 1 N–H and O–H groups in total. The van der Waals surface area contributed by atoms with Crippen LogP contribution in [0.1, 0.15) is 23.3 Å². The first-order valence-corrected chi connectivity index (χ1v) is 5.62. The Morgan fingerprint density at radius 1 is 1.47 bits per heavy atom. The Balaban J connectivity index is 1.97. The molecule has 1 aliphatic rings. The Bertz CT molecular complexity index is 522. The van der Waals surface area contributed by atoms with Crippen LogP contribution in [0.5, 0.6) is 5.75 Å². The van der Waals surface area contributed by atoms with Gasteiger partial charge in [0.05, 0.1) is 19.5 Å². The van der Waals surface area contributed by atoms with E-state index >= 15 is 0 Å². The Kier molecular flexibility index (Phi) is 2.37. The van der Waals surface area contributed by atoms with Crippen LogP contribution in [0.2, 0.25) is 0 Å². The molecule has 4 heteroatoms. The maximum absolute atomic E-state index is 10.3. The molecule has 1 aliphatic carbocycles. The van der Waals surface area contributed by atoms with Gasteiger partial charge in [-0.3, -0.25) is 0 Å². The smallest absolute Gasteiger partial charge is 0.119 e. The summed E-state index contributed by atoms with van der Waals surface area (Å²) in [6.45, 7) is 0. The quantitative estimate of drug-likeness (QED) is 0.854. The maximum Gasteiger partial charge on any atom is 0.119 e. The van der Waals surface area contributed by atoms with Crippen LogP contribution in [0.3, 0.4) is 0 Å². The number of aliphatic hydroxyl groups excluding tert-OH is 1. The number of fused-ring (bicyclic) bond motifs is 1. The van der Waals surface area contributed by atoms with Gasteiger partial charge in [-0.05, 0) is 29.7 Å². The summed E-state index contributed by atoms with van der Waals surface area (Å²) in [7, 11) is 1.64. The number of hydrogen-bond donors (Lipinski definition) is 1. The summed E-state index contributed by atoms with van der Waals surface area (Å²) >= 11 is 0. The number of aliphatic hydroxyl groups is 1. The van der Waals surface area contributed by atoms with Gasteiger partial charge in [-0.25, -0.2) is 4.98 Å². The van der Waals surface area contributed by atoms with Gasteiger partial charge < -0.3 is 14.4 Å². The molecule has 0 saturated heterocycles. The zero-order valence-electron chi connectivity index (χ0n) is 9.58. The molecule has 2 atom stereocenters. The van der Waals surface area contributed by atoms with Crippen molar-refractivity contribution in [2.45, 2.75) is 18.6 Å². The van der Waals surface area contributed by atoms with Crippen molar-refractivity contribution >= 4 is 0 Å². The number of hydrogen-bond acceptors (Lipinski definition) is 3. The van der Waals surface area contributed by atoms with E-state index in [9.17, 15) is 5.11 Å². The third-order valence-corrected chi connectivity index (χ3v) is 3.37. The molecule has 0 spiro atoms. The highest BCUT2D eigenvalue weighted by Crippen LogP contribution is 2.40. The second kappa shape index (κ2) is 3.89. The zero-order valence-corrected chi connectivity index (χ0v) is 9.58. The van der Waals surface area contributed by atoms with Crippen molar-refractivity contribution in [2.75, 3.05) is 7.11 Å². The zero-order chi connectivity index (χ0) is 11.8. The number of methoxy groups -OCH3 is 1. The fraction of sp³-hybridized carbons (Fsp3) is 0.308. The predicted molar refractivity (Wildman–Crippen MR) is 62.9 cm³/mol. The summed E-state index contributed by atoms with van der Waals surface area (Å²) in [5.41, 5.74) is 2.14. The molecular weight excluding hydrogens is 216 g/mol. The number of nitrogens with zero attached hydrogens (tertiary/aromatic N) is 2. The van der Waals surface area contributed by atoms with E-state index in [1.165, 1.54) is 5.56 Å². The molecule has 0 radical (unpaired) electrons. The van der Waals surface area contributed by atoms with Crippen LogP contribution in [0.15, 0.2) is 36.9 Å². The highest BCUT2D eigenvalue weighted by molar-refractivity contribution is 5.41. The van der Waals surface area contributed by atoms with Crippen LogP contribution in [-0.4, -0.2) is 21.8 Å². The van der Waals surface area contributed by atoms with E-state index in [0.29, 0.717) is 0 Å². The maximum atomic E-state index is 10.3. The van der Waals surface area contributed by atoms with Crippen molar-refractivity contribution < 1.29 is 9.84 Å². The van der Waals surface area contributed by atoms with Crippen LogP contribution < -0.4 is 4.74 Å². The highest BCUT2D eigenvalue weighted by atomic mass is 16.5. The molecule has 17 heavy (non-hydrogen) atoms. The van der Waals surface area contributed by atoms with Crippen LogP contribution in [0.4, 0.5) is 0 Å². The summed E-state index contributed by atoms with van der Waals surface area (Å²) in [4.78, 5) is 4.02. The standard InChI is InChI=1S/C13H14N2O2/c1-17-10-3-2-9-6-12(13(16)11(9)7-10)15-5-4-14-8-15/h2-5,7-8,12-13,16H,6H2,1H3. The molecule has 3 rings (SSSR count). The van der Waals surface area contributed by atoms with E-state index < -0.39 is 6.10 Å². The van der Waals surface area contributed by atoms with Gasteiger partial charge in [0.15, 0.2) is 0 Å². The SMILES string of the molecule is COc1ccc2c(c1)C(O)C(n1ccnc1)C2. The molecule has 1 aromatic heterocycles. The van der Waals surface area contributed by atoms with Crippen LogP contribution in [0, 0.1) is 0 Å². The Morgan fingerprint density at radius 2 is 2.35 bits per heavy atom. The molecule has 88 valence electrons. The van der Waals surface area contributed by atoms with Crippen LogP contribution >= 0.6 is 0 Å². The number of rotatable bonds is 2. The third kappa shape index (κ3) is 1.61. The van der Waals surface area contributed by atoms with E-state index in [0.717, 1.165) is 17.7 Å². The van der Waals surface area contributed by atoms with Crippen molar-refractivity contribution in [3.63, 3.8) is 0 Å². The van der Waals surface area contributed by atoms with Gasteiger partial charge in [-0.2, -0.15) is 0 Å². The summed E-state index contributed by atoms with van der Waals surface area (Å²) in [6, 6.07) is 5.91. The van der Waals surface area contributed by atoms with Gasteiger partial charge in [0.1, 0.15) is 11.9 Å². The topological polar surface area (TPSA) is 47.3 Å². The second-order valence-corrected chi connectivity index (χ2v) is 4.29. The molecule has 1 aromatic carbocycles. The van der Waals surface area contributed by atoms with Crippen molar-refractivity contribution in [1.82, 2.24) is 9.55 Å². The predicted octanol–water partition coefficient (Wildman–Crippen LogP) is 1.72. The number of benzene rings is 1. The molecule has 2 aromatic rings. The van der Waals surface area contributed by atoms with Gasteiger partial charge in [0.25, 0.3) is 0 Å². The monoisotopic (exact) mass is 230 g/mol.